The van der Waals surface area contributed by atoms with Crippen LogP contribution in [-0.2, 0) is 16.1 Å². The smallest absolute Gasteiger partial charge is 0.261 e. The topological polar surface area (TPSA) is 58.6 Å². The van der Waals surface area contributed by atoms with E-state index in [9.17, 15) is 9.59 Å². The normalized spacial score (nSPS) is 11.9. The second-order valence-corrected chi connectivity index (χ2v) is 9.46. The van der Waals surface area contributed by atoms with Gasteiger partial charge in [0.15, 0.2) is 6.61 Å². The minimum Gasteiger partial charge on any atom is -0.484 e. The number of hydrogen-bond donors (Lipinski definition) is 1. The molecule has 0 saturated carbocycles. The zero-order valence-electron chi connectivity index (χ0n) is 20.0. The molecular formula is C26H35BrN2O3. The van der Waals surface area contributed by atoms with E-state index in [1.165, 1.54) is 0 Å². The summed E-state index contributed by atoms with van der Waals surface area (Å²) in [5.41, 5.74) is 4.20. The maximum Gasteiger partial charge on any atom is 0.261 e. The van der Waals surface area contributed by atoms with Gasteiger partial charge in [0.1, 0.15) is 11.8 Å². The number of amides is 2. The van der Waals surface area contributed by atoms with Crippen molar-refractivity contribution in [2.45, 2.75) is 60.5 Å². The van der Waals surface area contributed by atoms with E-state index >= 15 is 0 Å². The third-order valence-electron chi connectivity index (χ3n) is 5.44. The molecule has 0 aliphatic carbocycles. The molecule has 0 fully saturated rings. The Morgan fingerprint density at radius 2 is 1.69 bits per heavy atom. The minimum absolute atomic E-state index is 0.125. The molecule has 2 aromatic rings. The van der Waals surface area contributed by atoms with E-state index in [4.69, 9.17) is 4.74 Å². The highest BCUT2D eigenvalue weighted by Gasteiger charge is 2.29. The van der Waals surface area contributed by atoms with E-state index in [0.717, 1.165) is 26.7 Å². The quantitative estimate of drug-likeness (QED) is 0.477. The fraction of sp³-hybridized carbons (Fsp3) is 0.462. The largest absolute Gasteiger partial charge is 0.484 e. The Balaban J connectivity index is 2.24. The van der Waals surface area contributed by atoms with Crippen molar-refractivity contribution in [3.05, 3.63) is 63.1 Å². The van der Waals surface area contributed by atoms with Crippen LogP contribution in [-0.4, -0.2) is 35.9 Å². The fourth-order valence-electron chi connectivity index (χ4n) is 3.53. The van der Waals surface area contributed by atoms with Gasteiger partial charge in [-0.05, 0) is 67.5 Å². The molecule has 0 aliphatic rings. The maximum atomic E-state index is 13.3. The van der Waals surface area contributed by atoms with Crippen LogP contribution in [0.5, 0.6) is 5.75 Å². The molecule has 0 radical (unpaired) electrons. The first-order chi connectivity index (χ1) is 15.1. The molecule has 1 atom stereocenters. The average Bonchev–Trinajstić information content (AvgIpc) is 2.75. The molecule has 0 spiro atoms. The zero-order valence-corrected chi connectivity index (χ0v) is 21.6. The van der Waals surface area contributed by atoms with Gasteiger partial charge in [0, 0.05) is 17.6 Å². The Kier molecular flexibility index (Phi) is 9.76. The number of benzene rings is 2. The van der Waals surface area contributed by atoms with Crippen LogP contribution in [0.2, 0.25) is 0 Å². The molecule has 0 aliphatic heterocycles. The number of carbonyl (C=O) groups excluding carboxylic acids is 2. The number of ether oxygens (including phenoxy) is 1. The molecule has 2 aromatic carbocycles. The first kappa shape index (κ1) is 25.9. The Morgan fingerprint density at radius 3 is 2.25 bits per heavy atom. The lowest BCUT2D eigenvalue weighted by Gasteiger charge is -2.31. The number of nitrogens with zero attached hydrogens (tertiary/aromatic N) is 1. The van der Waals surface area contributed by atoms with Crippen molar-refractivity contribution in [2.75, 3.05) is 13.2 Å². The van der Waals surface area contributed by atoms with Gasteiger partial charge in [-0.3, -0.25) is 9.59 Å². The Bertz CT molecular complexity index is 919. The number of rotatable bonds is 10. The molecule has 2 rings (SSSR count). The highest BCUT2D eigenvalue weighted by atomic mass is 79.9. The summed E-state index contributed by atoms with van der Waals surface area (Å²) in [5.74, 6) is 0.644. The third-order valence-corrected chi connectivity index (χ3v) is 6.70. The first-order valence-electron chi connectivity index (χ1n) is 11.1. The molecular weight excluding hydrogens is 468 g/mol. The number of halogens is 1. The van der Waals surface area contributed by atoms with Gasteiger partial charge < -0.3 is 15.0 Å². The van der Waals surface area contributed by atoms with Gasteiger partial charge in [-0.1, -0.05) is 61.0 Å². The van der Waals surface area contributed by atoms with E-state index in [-0.39, 0.29) is 18.4 Å². The summed E-state index contributed by atoms with van der Waals surface area (Å²) in [7, 11) is 0. The second kappa shape index (κ2) is 12.0. The van der Waals surface area contributed by atoms with Crippen molar-refractivity contribution in [2.24, 2.45) is 5.92 Å². The van der Waals surface area contributed by atoms with Crippen LogP contribution >= 0.6 is 15.9 Å². The Labute approximate surface area is 200 Å². The monoisotopic (exact) mass is 502 g/mol. The molecule has 174 valence electrons. The molecule has 0 saturated heterocycles. The fourth-order valence-corrected chi connectivity index (χ4v) is 3.76. The molecule has 0 heterocycles. The van der Waals surface area contributed by atoms with Crippen LogP contribution in [0, 0.1) is 26.7 Å². The Hall–Kier alpha value is -2.34. The summed E-state index contributed by atoms with van der Waals surface area (Å²) < 4.78 is 6.89. The summed E-state index contributed by atoms with van der Waals surface area (Å²) in [6.45, 7) is 12.8. The van der Waals surface area contributed by atoms with Crippen LogP contribution in [0.15, 0.2) is 40.9 Å². The lowest BCUT2D eigenvalue weighted by atomic mass is 10.1. The number of nitrogens with one attached hydrogen (secondary N) is 1. The predicted octanol–water partition coefficient (Wildman–Crippen LogP) is 5.33. The lowest BCUT2D eigenvalue weighted by Crippen LogP contribution is -2.50. The molecule has 0 bridgehead atoms. The highest BCUT2D eigenvalue weighted by molar-refractivity contribution is 9.10. The van der Waals surface area contributed by atoms with Crippen molar-refractivity contribution in [1.29, 1.82) is 0 Å². The van der Waals surface area contributed by atoms with Crippen LogP contribution in [0.4, 0.5) is 0 Å². The summed E-state index contributed by atoms with van der Waals surface area (Å²) >= 11 is 3.55. The van der Waals surface area contributed by atoms with Gasteiger partial charge in [0.2, 0.25) is 5.91 Å². The number of carbonyl (C=O) groups is 2. The van der Waals surface area contributed by atoms with Crippen molar-refractivity contribution in [3.8, 4) is 5.75 Å². The third kappa shape index (κ3) is 7.09. The molecule has 1 unspecified atom stereocenters. The number of hydrogen-bond acceptors (Lipinski definition) is 3. The van der Waals surface area contributed by atoms with Gasteiger partial charge in [0.25, 0.3) is 5.91 Å². The van der Waals surface area contributed by atoms with Gasteiger partial charge in [0.05, 0.1) is 0 Å². The van der Waals surface area contributed by atoms with Crippen LogP contribution in [0.25, 0.3) is 0 Å². The SMILES string of the molecule is CCC(C(=O)NCC(C)C)N(Cc1ccccc1C)C(=O)COc1cc(C)c(Br)c(C)c1. The summed E-state index contributed by atoms with van der Waals surface area (Å²) in [4.78, 5) is 27.9. The van der Waals surface area contributed by atoms with Gasteiger partial charge in [-0.15, -0.1) is 0 Å². The first-order valence-corrected chi connectivity index (χ1v) is 11.9. The molecule has 1 N–H and O–H groups in total. The van der Waals surface area contributed by atoms with Crippen molar-refractivity contribution in [3.63, 3.8) is 0 Å². The second-order valence-electron chi connectivity index (χ2n) is 8.67. The van der Waals surface area contributed by atoms with Crippen molar-refractivity contribution < 1.29 is 14.3 Å². The van der Waals surface area contributed by atoms with Crippen LogP contribution < -0.4 is 10.1 Å². The van der Waals surface area contributed by atoms with Crippen LogP contribution in [0.3, 0.4) is 0 Å². The highest BCUT2D eigenvalue weighted by Crippen LogP contribution is 2.26. The molecule has 2 amide bonds. The van der Waals surface area contributed by atoms with E-state index in [2.05, 4.69) is 21.2 Å². The number of aryl methyl sites for hydroxylation is 3. The molecule has 32 heavy (non-hydrogen) atoms. The van der Waals surface area contributed by atoms with E-state index in [0.29, 0.717) is 31.2 Å². The van der Waals surface area contributed by atoms with Gasteiger partial charge in [-0.2, -0.15) is 0 Å². The maximum absolute atomic E-state index is 13.3. The van der Waals surface area contributed by atoms with Crippen molar-refractivity contribution in [1.82, 2.24) is 10.2 Å². The van der Waals surface area contributed by atoms with E-state index in [1.807, 2.05) is 77.9 Å². The van der Waals surface area contributed by atoms with E-state index in [1.54, 1.807) is 4.90 Å². The van der Waals surface area contributed by atoms with Gasteiger partial charge >= 0.3 is 0 Å². The van der Waals surface area contributed by atoms with Crippen molar-refractivity contribution >= 4 is 27.7 Å². The average molecular weight is 503 g/mol. The Morgan fingerprint density at radius 1 is 1.06 bits per heavy atom. The molecule has 0 aromatic heterocycles. The van der Waals surface area contributed by atoms with E-state index < -0.39 is 6.04 Å². The molecule has 5 nitrogen and oxygen atoms in total. The zero-order chi connectivity index (χ0) is 23.8. The van der Waals surface area contributed by atoms with Gasteiger partial charge in [-0.25, -0.2) is 0 Å². The molecule has 6 heteroatoms. The van der Waals surface area contributed by atoms with Crippen LogP contribution in [0.1, 0.15) is 49.4 Å². The standard InChI is InChI=1S/C26H35BrN2O3/c1-7-23(26(31)28-14-17(2)3)29(15-21-11-9-8-10-18(21)4)24(30)16-32-22-12-19(5)25(27)20(6)13-22/h8-13,17,23H,7,14-16H2,1-6H3,(H,28,31). The summed E-state index contributed by atoms with van der Waals surface area (Å²) in [6, 6.07) is 11.2. The lowest BCUT2D eigenvalue weighted by molar-refractivity contribution is -0.143. The minimum atomic E-state index is -0.558. The summed E-state index contributed by atoms with van der Waals surface area (Å²) in [5, 5.41) is 2.98. The summed E-state index contributed by atoms with van der Waals surface area (Å²) in [6.07, 6.45) is 0.526. The predicted molar refractivity (Wildman–Crippen MR) is 133 cm³/mol.